The first-order valence-electron chi connectivity index (χ1n) is 9.73. The van der Waals surface area contributed by atoms with Gasteiger partial charge in [-0.15, -0.1) is 0 Å². The molecule has 0 aliphatic rings. The summed E-state index contributed by atoms with van der Waals surface area (Å²) in [5.74, 6) is 0.0212. The summed E-state index contributed by atoms with van der Waals surface area (Å²) in [5.41, 5.74) is 3.17. The molecular weight excluding hydrogens is 414 g/mol. The Morgan fingerprint density at radius 3 is 2.42 bits per heavy atom. The largest absolute Gasteiger partial charge is 0.321 e. The smallest absolute Gasteiger partial charge is 0.276 e. The fraction of sp³-hybridized carbons (Fsp3) is 0.227. The van der Waals surface area contributed by atoms with Gasteiger partial charge in [0.1, 0.15) is 5.69 Å². The van der Waals surface area contributed by atoms with Crippen molar-refractivity contribution >= 4 is 27.3 Å². The van der Waals surface area contributed by atoms with Crippen LogP contribution in [0.1, 0.15) is 48.3 Å². The highest BCUT2D eigenvalue weighted by atomic mass is 32.2. The molecule has 31 heavy (non-hydrogen) atoms. The van der Waals surface area contributed by atoms with Crippen molar-refractivity contribution in [3.8, 4) is 0 Å². The Labute approximate surface area is 182 Å². The van der Waals surface area contributed by atoms with Gasteiger partial charge in [0.05, 0.1) is 10.6 Å². The second-order valence-corrected chi connectivity index (χ2v) is 9.05. The lowest BCUT2D eigenvalue weighted by atomic mass is 10.0. The molecule has 0 fully saturated rings. The van der Waals surface area contributed by atoms with Crippen LogP contribution in [0, 0.1) is 0 Å². The van der Waals surface area contributed by atoms with E-state index in [-0.39, 0.29) is 10.8 Å². The Kier molecular flexibility index (Phi) is 6.55. The van der Waals surface area contributed by atoms with Crippen molar-refractivity contribution in [2.45, 2.75) is 31.6 Å². The Morgan fingerprint density at radius 2 is 1.81 bits per heavy atom. The van der Waals surface area contributed by atoms with E-state index >= 15 is 0 Å². The number of sulfonamides is 1. The van der Waals surface area contributed by atoms with E-state index in [1.54, 1.807) is 74.8 Å². The maximum atomic E-state index is 12.5. The number of aryl methyl sites for hydroxylation is 1. The van der Waals surface area contributed by atoms with E-state index < -0.39 is 10.0 Å². The molecule has 8 nitrogen and oxygen atoms in total. The third-order valence-corrected chi connectivity index (χ3v) is 6.01. The molecule has 3 rings (SSSR count). The zero-order chi connectivity index (χ0) is 22.6. The first-order valence-corrected chi connectivity index (χ1v) is 11.2. The molecule has 0 saturated heterocycles. The molecule has 0 saturated carbocycles. The maximum Gasteiger partial charge on any atom is 0.276 e. The molecule has 2 N–H and O–H groups in total. The third-order valence-electron chi connectivity index (χ3n) is 4.78. The fourth-order valence-electron chi connectivity index (χ4n) is 2.89. The molecule has 1 heterocycles. The average Bonchev–Trinajstić information content (AvgIpc) is 3.18. The quantitative estimate of drug-likeness (QED) is 0.434. The molecule has 1 amide bonds. The Morgan fingerprint density at radius 1 is 1.10 bits per heavy atom. The van der Waals surface area contributed by atoms with Crippen LogP contribution in [0.4, 0.5) is 5.69 Å². The molecular formula is C22H25N5O3S. The van der Waals surface area contributed by atoms with E-state index in [4.69, 9.17) is 0 Å². The summed E-state index contributed by atoms with van der Waals surface area (Å²) in [6.07, 6.45) is 1.55. The summed E-state index contributed by atoms with van der Waals surface area (Å²) in [6.45, 7) is 5.78. The van der Waals surface area contributed by atoms with Gasteiger partial charge in [-0.1, -0.05) is 38.1 Å². The van der Waals surface area contributed by atoms with Gasteiger partial charge in [0.2, 0.25) is 0 Å². The number of benzene rings is 2. The molecule has 0 aliphatic heterocycles. The van der Waals surface area contributed by atoms with Gasteiger partial charge in [-0.25, -0.2) is 0 Å². The number of aromatic nitrogens is 2. The van der Waals surface area contributed by atoms with Crippen LogP contribution in [0.5, 0.6) is 0 Å². The van der Waals surface area contributed by atoms with Crippen molar-refractivity contribution in [3.63, 3.8) is 0 Å². The van der Waals surface area contributed by atoms with Gasteiger partial charge < -0.3 is 5.32 Å². The molecule has 0 radical (unpaired) electrons. The first kappa shape index (κ1) is 22.2. The fourth-order valence-corrected chi connectivity index (χ4v) is 3.75. The molecule has 162 valence electrons. The second kappa shape index (κ2) is 9.13. The lowest BCUT2D eigenvalue weighted by Gasteiger charge is -2.09. The Hall–Kier alpha value is -3.46. The van der Waals surface area contributed by atoms with Gasteiger partial charge in [0.15, 0.2) is 0 Å². The highest BCUT2D eigenvalue weighted by Gasteiger charge is 2.14. The summed E-state index contributed by atoms with van der Waals surface area (Å²) in [5, 5.41) is 10.8. The molecule has 3 aromatic rings. The van der Waals surface area contributed by atoms with Crippen LogP contribution in [0.2, 0.25) is 0 Å². The molecule has 2 aromatic carbocycles. The summed E-state index contributed by atoms with van der Waals surface area (Å²) in [6, 6.07) is 15.3. The number of nitrogens with zero attached hydrogens (tertiary/aromatic N) is 3. The van der Waals surface area contributed by atoms with Crippen molar-refractivity contribution < 1.29 is 13.2 Å². The van der Waals surface area contributed by atoms with Gasteiger partial charge in [0, 0.05) is 18.9 Å². The Balaban J connectivity index is 1.73. The Bertz CT molecular complexity index is 1210. The van der Waals surface area contributed by atoms with Crippen LogP contribution in [0.3, 0.4) is 0 Å². The van der Waals surface area contributed by atoms with Gasteiger partial charge >= 0.3 is 0 Å². The molecule has 9 heteroatoms. The molecule has 0 unspecified atom stereocenters. The number of rotatable bonds is 7. The number of hydrazone groups is 1. The van der Waals surface area contributed by atoms with Crippen LogP contribution >= 0.6 is 0 Å². The number of nitrogens with one attached hydrogen (secondary N) is 2. The highest BCUT2D eigenvalue weighted by molar-refractivity contribution is 7.89. The zero-order valence-electron chi connectivity index (χ0n) is 17.8. The van der Waals surface area contributed by atoms with E-state index in [2.05, 4.69) is 20.3 Å². The van der Waals surface area contributed by atoms with Crippen LogP contribution in [-0.2, 0) is 17.1 Å². The summed E-state index contributed by atoms with van der Waals surface area (Å²) in [7, 11) is -2.10. The van der Waals surface area contributed by atoms with Crippen molar-refractivity contribution in [1.82, 2.24) is 14.6 Å². The van der Waals surface area contributed by atoms with Crippen molar-refractivity contribution in [2.24, 2.45) is 12.1 Å². The summed E-state index contributed by atoms with van der Waals surface area (Å²) in [4.78, 5) is 14.8. The minimum Gasteiger partial charge on any atom is -0.321 e. The SMILES string of the molecule is C/C(=N/NS(=O)(=O)c1ccc(C(C)C)cc1)c1cccc(NC(=O)c2ccnn2C)c1. The zero-order valence-corrected chi connectivity index (χ0v) is 18.6. The minimum absolute atomic E-state index is 0.144. The van der Waals surface area contributed by atoms with E-state index in [0.29, 0.717) is 28.6 Å². The summed E-state index contributed by atoms with van der Waals surface area (Å²) < 4.78 is 26.6. The average molecular weight is 440 g/mol. The van der Waals surface area contributed by atoms with Crippen molar-refractivity contribution in [1.29, 1.82) is 0 Å². The number of carbonyl (C=O) groups excluding carboxylic acids is 1. The molecule has 0 atom stereocenters. The number of amides is 1. The minimum atomic E-state index is -3.79. The first-order chi connectivity index (χ1) is 14.7. The monoisotopic (exact) mass is 439 g/mol. The standard InChI is InChI=1S/C22H25N5O3S/c1-15(2)17-8-10-20(11-9-17)31(29,30)26-25-16(3)18-6-5-7-19(14-18)24-22(28)21-12-13-23-27(21)4/h5-15,26H,1-4H3,(H,24,28)/b25-16-. The predicted molar refractivity (Wildman–Crippen MR) is 121 cm³/mol. The van der Waals surface area contributed by atoms with E-state index in [0.717, 1.165) is 5.56 Å². The van der Waals surface area contributed by atoms with Gasteiger partial charge in [-0.05, 0) is 54.3 Å². The van der Waals surface area contributed by atoms with E-state index in [1.807, 2.05) is 13.8 Å². The molecule has 0 aliphatic carbocycles. The van der Waals surface area contributed by atoms with Crippen molar-refractivity contribution in [3.05, 3.63) is 77.6 Å². The van der Waals surface area contributed by atoms with E-state index in [9.17, 15) is 13.2 Å². The number of anilines is 1. The number of hydrogen-bond donors (Lipinski definition) is 2. The van der Waals surface area contributed by atoms with Crippen LogP contribution in [0.25, 0.3) is 0 Å². The van der Waals surface area contributed by atoms with Gasteiger partial charge in [0.25, 0.3) is 15.9 Å². The van der Waals surface area contributed by atoms with Crippen LogP contribution in [0.15, 0.2) is 70.8 Å². The summed E-state index contributed by atoms with van der Waals surface area (Å²) >= 11 is 0. The topological polar surface area (TPSA) is 105 Å². The molecule has 0 spiro atoms. The number of hydrogen-bond acceptors (Lipinski definition) is 5. The lowest BCUT2D eigenvalue weighted by molar-refractivity contribution is 0.101. The second-order valence-electron chi connectivity index (χ2n) is 7.39. The molecule has 0 bridgehead atoms. The maximum absolute atomic E-state index is 12.5. The van der Waals surface area contributed by atoms with E-state index in [1.165, 1.54) is 4.68 Å². The normalized spacial score (nSPS) is 12.1. The van der Waals surface area contributed by atoms with Gasteiger partial charge in [-0.2, -0.15) is 23.4 Å². The molecule has 1 aromatic heterocycles. The predicted octanol–water partition coefficient (Wildman–Crippen LogP) is 3.50. The number of carbonyl (C=O) groups is 1. The van der Waals surface area contributed by atoms with Crippen molar-refractivity contribution in [2.75, 3.05) is 5.32 Å². The highest BCUT2D eigenvalue weighted by Crippen LogP contribution is 2.18. The lowest BCUT2D eigenvalue weighted by Crippen LogP contribution is -2.20. The third kappa shape index (κ3) is 5.37. The van der Waals surface area contributed by atoms with Gasteiger partial charge in [-0.3, -0.25) is 9.48 Å². The van der Waals surface area contributed by atoms with Crippen LogP contribution < -0.4 is 10.1 Å². The van der Waals surface area contributed by atoms with Crippen LogP contribution in [-0.4, -0.2) is 29.8 Å².